The Balaban J connectivity index is 1.80. The number of carbonyl (C=O) groups excluding carboxylic acids is 2. The maximum Gasteiger partial charge on any atom is 0.359 e. The summed E-state index contributed by atoms with van der Waals surface area (Å²) in [5.74, 6) is 0.201. The Morgan fingerprint density at radius 3 is 2.31 bits per heavy atom. The molecule has 204 valence electrons. The number of thiophene rings is 1. The fourth-order valence-corrected chi connectivity index (χ4v) is 4.97. The number of nitrogens with zero attached hydrogens (tertiary/aromatic N) is 2. The molecule has 0 radical (unpaired) electrons. The molecular formula is C29H31N3O6S. The summed E-state index contributed by atoms with van der Waals surface area (Å²) < 4.78 is 17.6. The number of esters is 1. The molecule has 10 heteroatoms. The number of rotatable bonds is 10. The molecule has 0 atom stereocenters. The van der Waals surface area contributed by atoms with Gasteiger partial charge in [0.1, 0.15) is 5.00 Å². The summed E-state index contributed by atoms with van der Waals surface area (Å²) in [6.45, 7) is 10.6. The first-order valence-corrected chi connectivity index (χ1v) is 13.7. The number of nitrogens with one attached hydrogen (secondary N) is 1. The largest absolute Gasteiger partial charge is 0.490 e. The van der Waals surface area contributed by atoms with E-state index in [-0.39, 0.29) is 17.7 Å². The molecule has 0 aliphatic carbocycles. The molecule has 4 rings (SSSR count). The van der Waals surface area contributed by atoms with Crippen LogP contribution in [0, 0.1) is 0 Å². The molecule has 1 amide bonds. The highest BCUT2D eigenvalue weighted by Crippen LogP contribution is 2.33. The lowest BCUT2D eigenvalue weighted by atomic mass is 10.0. The number of aromatic nitrogens is 2. The molecule has 2 aromatic heterocycles. The highest BCUT2D eigenvalue weighted by Gasteiger charge is 2.24. The van der Waals surface area contributed by atoms with Gasteiger partial charge in [-0.2, -0.15) is 9.78 Å². The zero-order chi connectivity index (χ0) is 28.1. The van der Waals surface area contributed by atoms with E-state index in [0.29, 0.717) is 52.3 Å². The van der Waals surface area contributed by atoms with Crippen LogP contribution in [0.3, 0.4) is 0 Å². The van der Waals surface area contributed by atoms with Gasteiger partial charge >= 0.3 is 5.97 Å². The van der Waals surface area contributed by atoms with Crippen molar-refractivity contribution in [3.05, 3.63) is 75.0 Å². The van der Waals surface area contributed by atoms with Gasteiger partial charge in [-0.1, -0.05) is 26.0 Å². The number of hydrogen-bond acceptors (Lipinski definition) is 8. The van der Waals surface area contributed by atoms with Crippen molar-refractivity contribution in [1.29, 1.82) is 0 Å². The number of amides is 1. The van der Waals surface area contributed by atoms with Crippen LogP contribution >= 0.6 is 11.3 Å². The summed E-state index contributed by atoms with van der Waals surface area (Å²) in [5, 5.41) is 9.62. The van der Waals surface area contributed by atoms with Gasteiger partial charge in [0.15, 0.2) is 17.2 Å². The van der Waals surface area contributed by atoms with Crippen molar-refractivity contribution in [2.45, 2.75) is 40.5 Å². The fourth-order valence-electron chi connectivity index (χ4n) is 4.03. The Labute approximate surface area is 230 Å². The van der Waals surface area contributed by atoms with E-state index in [4.69, 9.17) is 14.2 Å². The van der Waals surface area contributed by atoms with Crippen molar-refractivity contribution in [2.24, 2.45) is 0 Å². The van der Waals surface area contributed by atoms with E-state index in [0.717, 1.165) is 16.9 Å². The molecule has 0 saturated carbocycles. The van der Waals surface area contributed by atoms with Crippen molar-refractivity contribution >= 4 is 39.0 Å². The van der Waals surface area contributed by atoms with Crippen molar-refractivity contribution in [3.8, 4) is 17.2 Å². The van der Waals surface area contributed by atoms with Gasteiger partial charge in [-0.15, -0.1) is 11.3 Å². The van der Waals surface area contributed by atoms with Crippen LogP contribution in [-0.4, -0.2) is 41.5 Å². The molecule has 39 heavy (non-hydrogen) atoms. The molecule has 0 aliphatic heterocycles. The van der Waals surface area contributed by atoms with Crippen LogP contribution in [0.4, 0.5) is 5.00 Å². The van der Waals surface area contributed by atoms with Gasteiger partial charge in [0.25, 0.3) is 11.5 Å². The summed E-state index contributed by atoms with van der Waals surface area (Å²) in [6, 6.07) is 12.3. The summed E-state index contributed by atoms with van der Waals surface area (Å²) >= 11 is 1.14. The van der Waals surface area contributed by atoms with Crippen LogP contribution in [0.15, 0.2) is 52.6 Å². The number of hydrogen-bond donors (Lipinski definition) is 1. The number of ether oxygens (including phenoxy) is 3. The molecule has 9 nitrogen and oxygen atoms in total. The molecule has 0 fully saturated rings. The van der Waals surface area contributed by atoms with E-state index in [1.165, 1.54) is 4.68 Å². The predicted molar refractivity (Wildman–Crippen MR) is 152 cm³/mol. The Bertz CT molecular complexity index is 1560. The number of anilines is 1. The van der Waals surface area contributed by atoms with E-state index >= 15 is 0 Å². The number of benzene rings is 2. The zero-order valence-electron chi connectivity index (χ0n) is 22.6. The maximum absolute atomic E-state index is 13.7. The van der Waals surface area contributed by atoms with E-state index < -0.39 is 17.4 Å². The van der Waals surface area contributed by atoms with Gasteiger partial charge in [-0.25, -0.2) is 4.79 Å². The third-order valence-electron chi connectivity index (χ3n) is 5.96. The quantitative estimate of drug-likeness (QED) is 0.249. The van der Waals surface area contributed by atoms with Gasteiger partial charge in [0.05, 0.1) is 30.9 Å². The van der Waals surface area contributed by atoms with E-state index in [1.807, 2.05) is 26.0 Å². The monoisotopic (exact) mass is 549 g/mol. The first kappa shape index (κ1) is 27.8. The Morgan fingerprint density at radius 2 is 1.67 bits per heavy atom. The summed E-state index contributed by atoms with van der Waals surface area (Å²) in [5.41, 5.74) is 1.45. The standard InChI is InChI=1S/C29H31N3O6S/c1-6-36-22-14-11-19(15-23(22)37-7-2)26(33)30-27-24-21(16-39-27)25(29(35)38-8-3)31-32(28(24)34)20-12-9-18(10-13-20)17(4)5/h9-17H,6-8H2,1-5H3,(H,30,33). The third-order valence-corrected chi connectivity index (χ3v) is 6.85. The predicted octanol–water partition coefficient (Wildman–Crippen LogP) is 5.80. The minimum absolute atomic E-state index is 0.00386. The lowest BCUT2D eigenvalue weighted by Crippen LogP contribution is -2.25. The van der Waals surface area contributed by atoms with Crippen LogP contribution in [0.25, 0.3) is 16.5 Å². The van der Waals surface area contributed by atoms with Gasteiger partial charge in [-0.3, -0.25) is 9.59 Å². The summed E-state index contributed by atoms with van der Waals surface area (Å²) in [7, 11) is 0. The van der Waals surface area contributed by atoms with Crippen LogP contribution < -0.4 is 20.3 Å². The van der Waals surface area contributed by atoms with Crippen molar-refractivity contribution in [3.63, 3.8) is 0 Å². The lowest BCUT2D eigenvalue weighted by Gasteiger charge is -2.13. The van der Waals surface area contributed by atoms with Crippen LogP contribution in [0.2, 0.25) is 0 Å². The van der Waals surface area contributed by atoms with Gasteiger partial charge in [-0.05, 0) is 62.6 Å². The molecule has 2 heterocycles. The molecule has 0 bridgehead atoms. The number of fused-ring (bicyclic) bond motifs is 1. The van der Waals surface area contributed by atoms with E-state index in [1.54, 1.807) is 42.6 Å². The first-order valence-electron chi connectivity index (χ1n) is 12.8. The van der Waals surface area contributed by atoms with Crippen LogP contribution in [0.1, 0.15) is 66.9 Å². The number of carbonyl (C=O) groups is 2. The minimum atomic E-state index is -0.654. The van der Waals surface area contributed by atoms with Gasteiger partial charge in [0.2, 0.25) is 0 Å². The first-order chi connectivity index (χ1) is 18.8. The zero-order valence-corrected chi connectivity index (χ0v) is 23.4. The molecular weight excluding hydrogens is 518 g/mol. The second kappa shape index (κ2) is 12.1. The highest BCUT2D eigenvalue weighted by atomic mass is 32.1. The summed E-state index contributed by atoms with van der Waals surface area (Å²) in [4.78, 5) is 39.8. The van der Waals surface area contributed by atoms with Crippen molar-refractivity contribution in [2.75, 3.05) is 25.1 Å². The van der Waals surface area contributed by atoms with Crippen molar-refractivity contribution in [1.82, 2.24) is 9.78 Å². The topological polar surface area (TPSA) is 109 Å². The molecule has 2 aromatic carbocycles. The maximum atomic E-state index is 13.7. The minimum Gasteiger partial charge on any atom is -0.490 e. The van der Waals surface area contributed by atoms with Gasteiger partial charge < -0.3 is 19.5 Å². The van der Waals surface area contributed by atoms with E-state index in [9.17, 15) is 14.4 Å². The SMILES string of the molecule is CCOC(=O)c1nn(-c2ccc(C(C)C)cc2)c(=O)c2c(NC(=O)c3ccc(OCC)c(OCC)c3)scc12. The van der Waals surface area contributed by atoms with Crippen molar-refractivity contribution < 1.29 is 23.8 Å². The summed E-state index contributed by atoms with van der Waals surface area (Å²) in [6.07, 6.45) is 0. The Morgan fingerprint density at radius 1 is 0.974 bits per heavy atom. The second-order valence-corrected chi connectivity index (χ2v) is 9.75. The third kappa shape index (κ3) is 5.80. The molecule has 0 spiro atoms. The average molecular weight is 550 g/mol. The Hall–Kier alpha value is -4.18. The van der Waals surface area contributed by atoms with Gasteiger partial charge in [0, 0.05) is 16.3 Å². The van der Waals surface area contributed by atoms with E-state index in [2.05, 4.69) is 24.3 Å². The molecule has 0 unspecified atom stereocenters. The molecule has 1 N–H and O–H groups in total. The Kier molecular flexibility index (Phi) is 8.65. The van der Waals surface area contributed by atoms with Crippen LogP contribution in [-0.2, 0) is 4.74 Å². The lowest BCUT2D eigenvalue weighted by molar-refractivity contribution is 0.0520. The molecule has 0 saturated heterocycles. The molecule has 0 aliphatic rings. The average Bonchev–Trinajstić information content (AvgIpc) is 3.34. The second-order valence-electron chi connectivity index (χ2n) is 8.87. The van der Waals surface area contributed by atoms with Crippen LogP contribution in [0.5, 0.6) is 11.5 Å². The normalized spacial score (nSPS) is 11.0. The smallest absolute Gasteiger partial charge is 0.359 e. The fraction of sp³-hybridized carbons (Fsp3) is 0.310. The molecule has 4 aromatic rings. The highest BCUT2D eigenvalue weighted by molar-refractivity contribution is 7.16.